The largest absolute Gasteiger partial charge is 0.259 e. The van der Waals surface area contributed by atoms with E-state index in [0.29, 0.717) is 0 Å². The zero-order chi connectivity index (χ0) is 13.9. The highest BCUT2D eigenvalue weighted by molar-refractivity contribution is 7.91. The van der Waals surface area contributed by atoms with Crippen LogP contribution in [0.3, 0.4) is 0 Å². The van der Waals surface area contributed by atoms with Crippen LogP contribution in [0.15, 0.2) is 47.0 Å². The van der Waals surface area contributed by atoms with Crippen molar-refractivity contribution >= 4 is 9.84 Å². The molecule has 0 saturated heterocycles. The SMILES string of the molecule is O=[N+]([O-])/C(=C/C1CC1)CCS(=O)(=O)c1ccccc1. The Kier molecular flexibility index (Phi) is 3.99. The molecule has 0 bridgehead atoms. The highest BCUT2D eigenvalue weighted by atomic mass is 32.2. The molecule has 0 heterocycles. The summed E-state index contributed by atoms with van der Waals surface area (Å²) in [5.41, 5.74) is 0.0157. The molecular weight excluding hydrogens is 266 g/mol. The molecule has 1 fully saturated rings. The fraction of sp³-hybridized carbons (Fsp3) is 0.385. The van der Waals surface area contributed by atoms with E-state index in [1.807, 2.05) is 0 Å². The highest BCUT2D eigenvalue weighted by Gasteiger charge is 2.25. The molecule has 1 aromatic carbocycles. The predicted molar refractivity (Wildman–Crippen MR) is 70.9 cm³/mol. The Hall–Kier alpha value is -1.69. The van der Waals surface area contributed by atoms with Crippen molar-refractivity contribution in [1.82, 2.24) is 0 Å². The lowest BCUT2D eigenvalue weighted by Gasteiger charge is -2.03. The number of nitrogens with zero attached hydrogens (tertiary/aromatic N) is 1. The van der Waals surface area contributed by atoms with Crippen LogP contribution in [0.4, 0.5) is 0 Å². The van der Waals surface area contributed by atoms with Gasteiger partial charge in [0.15, 0.2) is 9.84 Å². The molecule has 0 aromatic heterocycles. The minimum Gasteiger partial charge on any atom is -0.259 e. The molecule has 0 radical (unpaired) electrons. The molecule has 0 N–H and O–H groups in total. The molecule has 0 aliphatic heterocycles. The summed E-state index contributed by atoms with van der Waals surface area (Å²) in [6.45, 7) is 0. The summed E-state index contributed by atoms with van der Waals surface area (Å²) in [6.07, 6.45) is 3.48. The molecule has 102 valence electrons. The Bertz CT molecular complexity index is 588. The van der Waals surface area contributed by atoms with Gasteiger partial charge in [-0.2, -0.15) is 0 Å². The zero-order valence-corrected chi connectivity index (χ0v) is 11.2. The van der Waals surface area contributed by atoms with Gasteiger partial charge in [-0.05, 0) is 37.0 Å². The minimum atomic E-state index is -3.45. The normalized spacial score (nSPS) is 16.3. The molecule has 0 atom stereocenters. The molecule has 6 heteroatoms. The van der Waals surface area contributed by atoms with Gasteiger partial charge in [0.25, 0.3) is 0 Å². The van der Waals surface area contributed by atoms with Crippen molar-refractivity contribution < 1.29 is 13.3 Å². The van der Waals surface area contributed by atoms with Gasteiger partial charge < -0.3 is 0 Å². The molecule has 0 unspecified atom stereocenters. The Morgan fingerprint density at radius 3 is 2.47 bits per heavy atom. The Morgan fingerprint density at radius 2 is 1.95 bits per heavy atom. The second-order valence-corrected chi connectivity index (χ2v) is 6.74. The first-order valence-electron chi connectivity index (χ1n) is 6.12. The second-order valence-electron chi connectivity index (χ2n) is 4.63. The minimum absolute atomic E-state index is 0.0157. The first-order valence-corrected chi connectivity index (χ1v) is 7.77. The predicted octanol–water partition coefficient (Wildman–Crippen LogP) is 2.42. The number of hydrogen-bond donors (Lipinski definition) is 0. The van der Waals surface area contributed by atoms with Gasteiger partial charge in [0.2, 0.25) is 5.70 Å². The lowest BCUT2D eigenvalue weighted by Crippen LogP contribution is -2.10. The lowest BCUT2D eigenvalue weighted by atomic mass is 10.3. The fourth-order valence-corrected chi connectivity index (χ4v) is 3.04. The van der Waals surface area contributed by atoms with E-state index in [9.17, 15) is 18.5 Å². The van der Waals surface area contributed by atoms with E-state index >= 15 is 0 Å². The van der Waals surface area contributed by atoms with Crippen molar-refractivity contribution in [3.63, 3.8) is 0 Å². The van der Waals surface area contributed by atoms with Crippen LogP contribution in [0.25, 0.3) is 0 Å². The summed E-state index contributed by atoms with van der Waals surface area (Å²) in [7, 11) is -3.45. The standard InChI is InChI=1S/C13H15NO4S/c15-14(16)12(10-11-6-7-11)8-9-19(17,18)13-4-2-1-3-5-13/h1-5,10-11H,6-9H2/b12-10+. The van der Waals surface area contributed by atoms with Crippen LogP contribution >= 0.6 is 0 Å². The van der Waals surface area contributed by atoms with Gasteiger partial charge in [-0.15, -0.1) is 0 Å². The van der Waals surface area contributed by atoms with Crippen LogP contribution in [0.5, 0.6) is 0 Å². The molecule has 1 aromatic rings. The average molecular weight is 281 g/mol. The van der Waals surface area contributed by atoms with Gasteiger partial charge in [-0.25, -0.2) is 8.42 Å². The highest BCUT2D eigenvalue weighted by Crippen LogP contribution is 2.32. The summed E-state index contributed by atoms with van der Waals surface area (Å²) < 4.78 is 24.0. The summed E-state index contributed by atoms with van der Waals surface area (Å²) in [6, 6.07) is 8.02. The fourth-order valence-electron chi connectivity index (χ4n) is 1.76. The molecule has 0 amide bonds. The monoisotopic (exact) mass is 281 g/mol. The number of allylic oxidation sites excluding steroid dienone is 2. The van der Waals surface area contributed by atoms with E-state index < -0.39 is 14.8 Å². The Balaban J connectivity index is 2.06. The van der Waals surface area contributed by atoms with Crippen molar-refractivity contribution in [1.29, 1.82) is 0 Å². The topological polar surface area (TPSA) is 77.3 Å². The summed E-state index contributed by atoms with van der Waals surface area (Å²) in [4.78, 5) is 10.6. The maximum atomic E-state index is 12.0. The van der Waals surface area contributed by atoms with Gasteiger partial charge >= 0.3 is 0 Å². The van der Waals surface area contributed by atoms with Gasteiger partial charge in [-0.1, -0.05) is 18.2 Å². The van der Waals surface area contributed by atoms with E-state index in [1.165, 1.54) is 12.1 Å². The van der Waals surface area contributed by atoms with Crippen LogP contribution in [-0.4, -0.2) is 19.1 Å². The van der Waals surface area contributed by atoms with E-state index in [4.69, 9.17) is 0 Å². The number of sulfone groups is 1. The lowest BCUT2D eigenvalue weighted by molar-refractivity contribution is -0.427. The molecule has 2 rings (SSSR count). The third-order valence-electron chi connectivity index (χ3n) is 3.01. The molecular formula is C13H15NO4S. The van der Waals surface area contributed by atoms with Crippen molar-refractivity contribution in [3.05, 3.63) is 52.2 Å². The number of hydrogen-bond acceptors (Lipinski definition) is 4. The molecule has 1 aliphatic rings. The quantitative estimate of drug-likeness (QED) is 0.592. The van der Waals surface area contributed by atoms with Gasteiger partial charge in [0.1, 0.15) is 0 Å². The molecule has 19 heavy (non-hydrogen) atoms. The number of nitro groups is 1. The summed E-state index contributed by atoms with van der Waals surface area (Å²) in [5.74, 6) is 0.0381. The van der Waals surface area contributed by atoms with Crippen LogP contribution in [0.2, 0.25) is 0 Å². The first kappa shape index (κ1) is 13.7. The van der Waals surface area contributed by atoms with Gasteiger partial charge in [0, 0.05) is 0 Å². The smallest absolute Gasteiger partial charge is 0.243 e. The van der Waals surface area contributed by atoms with E-state index in [2.05, 4.69) is 0 Å². The molecule has 5 nitrogen and oxygen atoms in total. The van der Waals surface area contributed by atoms with Gasteiger partial charge in [0.05, 0.1) is 22.0 Å². The third-order valence-corrected chi connectivity index (χ3v) is 4.75. The summed E-state index contributed by atoms with van der Waals surface area (Å²) in [5, 5.41) is 10.9. The Morgan fingerprint density at radius 1 is 1.32 bits per heavy atom. The average Bonchev–Trinajstić information content (AvgIpc) is 3.19. The van der Waals surface area contributed by atoms with Crippen LogP contribution in [-0.2, 0) is 9.84 Å². The van der Waals surface area contributed by atoms with Crippen molar-refractivity contribution in [2.24, 2.45) is 5.92 Å². The second kappa shape index (κ2) is 5.52. The van der Waals surface area contributed by atoms with E-state index in [-0.39, 0.29) is 28.7 Å². The molecule has 0 spiro atoms. The first-order chi connectivity index (χ1) is 8.99. The molecule has 1 saturated carbocycles. The van der Waals surface area contributed by atoms with Crippen LogP contribution in [0, 0.1) is 16.0 Å². The van der Waals surface area contributed by atoms with Crippen LogP contribution < -0.4 is 0 Å². The van der Waals surface area contributed by atoms with Crippen molar-refractivity contribution in [2.75, 3.05) is 5.75 Å². The number of rotatable bonds is 6. The van der Waals surface area contributed by atoms with Crippen molar-refractivity contribution in [2.45, 2.75) is 24.2 Å². The van der Waals surface area contributed by atoms with Gasteiger partial charge in [-0.3, -0.25) is 10.1 Å². The summed E-state index contributed by atoms with van der Waals surface area (Å²) >= 11 is 0. The van der Waals surface area contributed by atoms with Crippen LogP contribution in [0.1, 0.15) is 19.3 Å². The maximum Gasteiger partial charge on any atom is 0.243 e. The van der Waals surface area contributed by atoms with E-state index in [0.717, 1.165) is 12.8 Å². The zero-order valence-electron chi connectivity index (χ0n) is 10.4. The Labute approximate surface area is 112 Å². The number of benzene rings is 1. The van der Waals surface area contributed by atoms with Crippen molar-refractivity contribution in [3.8, 4) is 0 Å². The maximum absolute atomic E-state index is 12.0. The molecule has 1 aliphatic carbocycles. The van der Waals surface area contributed by atoms with E-state index in [1.54, 1.807) is 24.3 Å². The third kappa shape index (κ3) is 3.89.